The Balaban J connectivity index is 2.22. The van der Waals surface area contributed by atoms with Crippen molar-refractivity contribution in [2.45, 2.75) is 37.8 Å². The fraction of sp³-hybridized carbons (Fsp3) is 0.889. The van der Waals surface area contributed by atoms with Gasteiger partial charge in [-0.3, -0.25) is 0 Å². The number of hydrogen-bond donors (Lipinski definition) is 1. The molecule has 0 aromatic carbocycles. The summed E-state index contributed by atoms with van der Waals surface area (Å²) in [5.74, 6) is -1.12. The zero-order chi connectivity index (χ0) is 8.77. The predicted molar refractivity (Wildman–Crippen MR) is 41.5 cm³/mol. The van der Waals surface area contributed by atoms with Crippen molar-refractivity contribution in [3.63, 3.8) is 0 Å². The molecule has 3 rings (SSSR count). The lowest BCUT2D eigenvalue weighted by Gasteiger charge is -2.44. The zero-order valence-corrected chi connectivity index (χ0v) is 6.92. The third-order valence-electron chi connectivity index (χ3n) is 3.44. The molecule has 0 saturated heterocycles. The second-order valence-corrected chi connectivity index (χ2v) is 4.09. The Morgan fingerprint density at radius 2 is 1.92 bits per heavy atom. The molecule has 0 aromatic rings. The summed E-state index contributed by atoms with van der Waals surface area (Å²) in [6, 6.07) is 0. The summed E-state index contributed by atoms with van der Waals surface area (Å²) in [6.45, 7) is 0. The van der Waals surface area contributed by atoms with E-state index in [1.54, 1.807) is 0 Å². The molecule has 1 unspecified atom stereocenters. The van der Waals surface area contributed by atoms with Crippen LogP contribution in [0.3, 0.4) is 0 Å². The van der Waals surface area contributed by atoms with Gasteiger partial charge in [0, 0.05) is 5.92 Å². The molecular weight excluding hydrogens is 159 g/mol. The first-order valence-electron chi connectivity index (χ1n) is 4.55. The van der Waals surface area contributed by atoms with Gasteiger partial charge in [0.25, 0.3) is 0 Å². The van der Waals surface area contributed by atoms with Crippen LogP contribution in [-0.4, -0.2) is 16.7 Å². The lowest BCUT2D eigenvalue weighted by molar-refractivity contribution is -0.163. The Labute approximate surface area is 70.8 Å². The van der Waals surface area contributed by atoms with E-state index in [2.05, 4.69) is 0 Å². The first kappa shape index (κ1) is 8.02. The van der Waals surface area contributed by atoms with Gasteiger partial charge in [-0.15, -0.1) is 0 Å². The fourth-order valence-corrected chi connectivity index (χ4v) is 2.67. The normalized spacial score (nSPS) is 46.1. The summed E-state index contributed by atoms with van der Waals surface area (Å²) in [6.07, 6.45) is 3.86. The highest BCUT2D eigenvalue weighted by atomic mass is 19.1. The van der Waals surface area contributed by atoms with Crippen LogP contribution >= 0.6 is 0 Å². The average molecular weight is 172 g/mol. The number of carbonyl (C=O) groups is 1. The van der Waals surface area contributed by atoms with Crippen molar-refractivity contribution < 1.29 is 14.3 Å². The summed E-state index contributed by atoms with van der Waals surface area (Å²) >= 11 is 0. The molecule has 0 radical (unpaired) electrons. The second-order valence-electron chi connectivity index (χ2n) is 4.09. The molecule has 0 spiro atoms. The van der Waals surface area contributed by atoms with Gasteiger partial charge in [0.15, 0.2) is 0 Å². The summed E-state index contributed by atoms with van der Waals surface area (Å²) in [7, 11) is 0. The number of carboxylic acids is 1. The van der Waals surface area contributed by atoms with E-state index in [0.29, 0.717) is 5.92 Å². The molecule has 0 amide bonds. The highest BCUT2D eigenvalue weighted by Gasteiger charge is 2.53. The van der Waals surface area contributed by atoms with E-state index in [1.165, 1.54) is 0 Å². The van der Waals surface area contributed by atoms with Crippen molar-refractivity contribution in [2.24, 2.45) is 11.8 Å². The van der Waals surface area contributed by atoms with Crippen LogP contribution in [0.25, 0.3) is 0 Å². The van der Waals surface area contributed by atoms with Crippen molar-refractivity contribution in [3.05, 3.63) is 0 Å². The standard InChI is InChI=1S/C9H13FO2/c10-9(8(11)12)5-6-1-3-7(9)4-2-6/h6-7H,1-5H2,(H,11,12). The second kappa shape index (κ2) is 2.44. The van der Waals surface area contributed by atoms with Crippen LogP contribution < -0.4 is 0 Å². The molecule has 68 valence electrons. The average Bonchev–Trinajstić information content (AvgIpc) is 2.05. The van der Waals surface area contributed by atoms with Crippen LogP contribution in [0, 0.1) is 11.8 Å². The van der Waals surface area contributed by atoms with Gasteiger partial charge in [0.2, 0.25) is 5.67 Å². The van der Waals surface area contributed by atoms with Crippen molar-refractivity contribution in [3.8, 4) is 0 Å². The van der Waals surface area contributed by atoms with E-state index in [0.717, 1.165) is 25.7 Å². The molecule has 12 heavy (non-hydrogen) atoms. The van der Waals surface area contributed by atoms with Gasteiger partial charge in [-0.1, -0.05) is 0 Å². The van der Waals surface area contributed by atoms with Crippen LogP contribution in [0.2, 0.25) is 0 Å². The minimum Gasteiger partial charge on any atom is -0.479 e. The van der Waals surface area contributed by atoms with Crippen LogP contribution in [-0.2, 0) is 4.79 Å². The van der Waals surface area contributed by atoms with E-state index < -0.39 is 11.6 Å². The lowest BCUT2D eigenvalue weighted by atomic mass is 9.63. The SMILES string of the molecule is O=C(O)C1(F)CC2CCC1CC2. The molecule has 1 N–H and O–H groups in total. The molecule has 3 heteroatoms. The van der Waals surface area contributed by atoms with Crippen LogP contribution in [0.4, 0.5) is 4.39 Å². The number of halogens is 1. The highest BCUT2D eigenvalue weighted by molar-refractivity contribution is 5.78. The first-order valence-corrected chi connectivity index (χ1v) is 4.55. The molecule has 0 aromatic heterocycles. The topological polar surface area (TPSA) is 37.3 Å². The Morgan fingerprint density at radius 1 is 1.33 bits per heavy atom. The number of fused-ring (bicyclic) bond motifs is 3. The summed E-state index contributed by atoms with van der Waals surface area (Å²) < 4.78 is 13.8. The number of rotatable bonds is 1. The summed E-state index contributed by atoms with van der Waals surface area (Å²) in [4.78, 5) is 10.7. The molecule has 2 nitrogen and oxygen atoms in total. The van der Waals surface area contributed by atoms with E-state index >= 15 is 0 Å². The van der Waals surface area contributed by atoms with Gasteiger partial charge >= 0.3 is 5.97 Å². The van der Waals surface area contributed by atoms with Gasteiger partial charge in [0.05, 0.1) is 0 Å². The van der Waals surface area contributed by atoms with E-state index in [9.17, 15) is 9.18 Å². The zero-order valence-electron chi connectivity index (χ0n) is 6.92. The predicted octanol–water partition coefficient (Wildman–Crippen LogP) is 1.99. The number of hydrogen-bond acceptors (Lipinski definition) is 1. The molecule has 1 atom stereocenters. The molecular formula is C9H13FO2. The maximum atomic E-state index is 13.8. The largest absolute Gasteiger partial charge is 0.479 e. The Bertz CT molecular complexity index is 209. The maximum Gasteiger partial charge on any atom is 0.341 e. The minimum absolute atomic E-state index is 0.208. The van der Waals surface area contributed by atoms with E-state index in [-0.39, 0.29) is 12.3 Å². The molecule has 2 bridgehead atoms. The Morgan fingerprint density at radius 3 is 2.17 bits per heavy atom. The van der Waals surface area contributed by atoms with Crippen molar-refractivity contribution in [2.75, 3.05) is 0 Å². The van der Waals surface area contributed by atoms with Gasteiger partial charge in [-0.05, 0) is 38.0 Å². The van der Waals surface area contributed by atoms with Crippen molar-refractivity contribution >= 4 is 5.97 Å². The minimum atomic E-state index is -1.89. The molecule has 3 aliphatic rings. The van der Waals surface area contributed by atoms with Gasteiger partial charge in [-0.25, -0.2) is 9.18 Å². The monoisotopic (exact) mass is 172 g/mol. The van der Waals surface area contributed by atoms with E-state index in [1.807, 2.05) is 0 Å². The molecule has 3 fully saturated rings. The summed E-state index contributed by atoms with van der Waals surface area (Å²) in [5.41, 5.74) is -1.89. The number of carboxylic acid groups (broad SMARTS) is 1. The van der Waals surface area contributed by atoms with Gasteiger partial charge in [-0.2, -0.15) is 0 Å². The highest BCUT2D eigenvalue weighted by Crippen LogP contribution is 2.49. The third kappa shape index (κ3) is 0.952. The number of alkyl halides is 1. The maximum absolute atomic E-state index is 13.8. The smallest absolute Gasteiger partial charge is 0.341 e. The molecule has 0 heterocycles. The Hall–Kier alpha value is -0.600. The molecule has 3 aliphatic carbocycles. The van der Waals surface area contributed by atoms with Crippen LogP contribution in [0.1, 0.15) is 32.1 Å². The third-order valence-corrected chi connectivity index (χ3v) is 3.44. The Kier molecular flexibility index (Phi) is 1.63. The van der Waals surface area contributed by atoms with Crippen LogP contribution in [0.15, 0.2) is 0 Å². The van der Waals surface area contributed by atoms with Crippen molar-refractivity contribution in [1.82, 2.24) is 0 Å². The van der Waals surface area contributed by atoms with Gasteiger partial charge in [0.1, 0.15) is 0 Å². The number of aliphatic carboxylic acids is 1. The van der Waals surface area contributed by atoms with E-state index in [4.69, 9.17) is 5.11 Å². The first-order chi connectivity index (χ1) is 5.63. The fourth-order valence-electron chi connectivity index (χ4n) is 2.67. The van der Waals surface area contributed by atoms with Gasteiger partial charge < -0.3 is 5.11 Å². The van der Waals surface area contributed by atoms with Crippen molar-refractivity contribution in [1.29, 1.82) is 0 Å². The quantitative estimate of drug-likeness (QED) is 0.656. The summed E-state index contributed by atoms with van der Waals surface area (Å²) in [5, 5.41) is 8.74. The molecule has 3 saturated carbocycles. The van der Waals surface area contributed by atoms with Crippen LogP contribution in [0.5, 0.6) is 0 Å². The molecule has 0 aliphatic heterocycles. The lowest BCUT2D eigenvalue weighted by Crippen LogP contribution is -2.49.